The first-order valence-corrected chi connectivity index (χ1v) is 16.9. The molecule has 1 aliphatic carbocycles. The molecule has 4 heteroatoms. The molecule has 7 aromatic carbocycles. The van der Waals surface area contributed by atoms with E-state index in [1.54, 1.807) is 0 Å². The fraction of sp³-hybridized carbons (Fsp3) is 0.0217. The Kier molecular flexibility index (Phi) is 6.36. The van der Waals surface area contributed by atoms with Crippen LogP contribution in [-0.4, -0.2) is 15.0 Å². The van der Waals surface area contributed by atoms with Crippen molar-refractivity contribution in [3.63, 3.8) is 0 Å². The minimum Gasteiger partial charge on any atom is -0.455 e. The molecule has 2 heterocycles. The molecule has 9 aromatic rings. The third-order valence-electron chi connectivity index (χ3n) is 10.0. The lowest BCUT2D eigenvalue weighted by Gasteiger charge is -2.33. The van der Waals surface area contributed by atoms with Crippen molar-refractivity contribution in [2.24, 2.45) is 0 Å². The van der Waals surface area contributed by atoms with Crippen LogP contribution in [0.1, 0.15) is 22.3 Å². The standard InChI is InChI=1S/C46H29N3O/c1-4-16-30(17-5-1)43-47-44(31-18-6-2-7-19-31)49-45(48-43)37-26-14-24-35-36-25-15-29-40(42(36)50-41(35)37)46(32-20-8-3-9-21-32)38-27-12-10-22-33(38)34-23-11-13-28-39(34)46/h1-29H. The van der Waals surface area contributed by atoms with Gasteiger partial charge in [0.05, 0.1) is 11.0 Å². The average molecular weight is 640 g/mol. The number of fused-ring (bicyclic) bond motifs is 6. The lowest BCUT2D eigenvalue weighted by molar-refractivity contribution is 0.648. The summed E-state index contributed by atoms with van der Waals surface area (Å²) in [6.07, 6.45) is 0. The van der Waals surface area contributed by atoms with Gasteiger partial charge in [0.25, 0.3) is 0 Å². The highest BCUT2D eigenvalue weighted by atomic mass is 16.3. The van der Waals surface area contributed by atoms with Gasteiger partial charge in [0.2, 0.25) is 0 Å². The van der Waals surface area contributed by atoms with Gasteiger partial charge < -0.3 is 4.42 Å². The molecule has 10 rings (SSSR count). The Bertz CT molecular complexity index is 2600. The molecule has 0 unspecified atom stereocenters. The molecule has 0 N–H and O–H groups in total. The van der Waals surface area contributed by atoms with Gasteiger partial charge in [-0.25, -0.2) is 15.0 Å². The molecule has 1 aliphatic rings. The van der Waals surface area contributed by atoms with Crippen LogP contribution in [0.4, 0.5) is 0 Å². The third-order valence-corrected chi connectivity index (χ3v) is 10.0. The number of rotatable bonds is 5. The summed E-state index contributed by atoms with van der Waals surface area (Å²) in [5.74, 6) is 1.80. The van der Waals surface area contributed by atoms with Crippen molar-refractivity contribution >= 4 is 21.9 Å². The number of para-hydroxylation sites is 2. The van der Waals surface area contributed by atoms with Gasteiger partial charge in [-0.1, -0.05) is 170 Å². The number of benzene rings is 7. The maximum absolute atomic E-state index is 7.15. The Morgan fingerprint density at radius 2 is 0.780 bits per heavy atom. The molecule has 234 valence electrons. The SMILES string of the molecule is c1ccc(-c2nc(-c3ccccc3)nc(-c3cccc4c3oc3c(C5(c6ccccc6)c6ccccc6-c6ccccc65)cccc34)n2)cc1. The van der Waals surface area contributed by atoms with Gasteiger partial charge in [-0.3, -0.25) is 0 Å². The van der Waals surface area contributed by atoms with Gasteiger partial charge in [0, 0.05) is 27.5 Å². The highest BCUT2D eigenvalue weighted by Gasteiger charge is 2.47. The molecule has 0 bridgehead atoms. The summed E-state index contributed by atoms with van der Waals surface area (Å²) < 4.78 is 7.15. The predicted molar refractivity (Wildman–Crippen MR) is 201 cm³/mol. The van der Waals surface area contributed by atoms with Crippen molar-refractivity contribution in [3.8, 4) is 45.3 Å². The Balaban J connectivity index is 1.27. The monoisotopic (exact) mass is 639 g/mol. The molecule has 0 radical (unpaired) electrons. The zero-order chi connectivity index (χ0) is 33.1. The quantitative estimate of drug-likeness (QED) is 0.188. The Morgan fingerprint density at radius 1 is 0.340 bits per heavy atom. The average Bonchev–Trinajstić information content (AvgIpc) is 3.73. The van der Waals surface area contributed by atoms with Gasteiger partial charge in [-0.2, -0.15) is 0 Å². The van der Waals surface area contributed by atoms with Crippen molar-refractivity contribution in [1.29, 1.82) is 0 Å². The fourth-order valence-electron chi connectivity index (χ4n) is 7.90. The van der Waals surface area contributed by atoms with Crippen LogP contribution in [0.15, 0.2) is 180 Å². The lowest BCUT2D eigenvalue weighted by atomic mass is 9.67. The van der Waals surface area contributed by atoms with Gasteiger partial charge in [-0.05, 0) is 33.9 Å². The number of furan rings is 1. The molecule has 50 heavy (non-hydrogen) atoms. The van der Waals surface area contributed by atoms with Crippen LogP contribution >= 0.6 is 0 Å². The smallest absolute Gasteiger partial charge is 0.167 e. The van der Waals surface area contributed by atoms with E-state index >= 15 is 0 Å². The molecule has 0 saturated heterocycles. The second kappa shape index (κ2) is 11.2. The van der Waals surface area contributed by atoms with E-state index in [-0.39, 0.29) is 0 Å². The third kappa shape index (κ3) is 4.15. The summed E-state index contributed by atoms with van der Waals surface area (Å²) >= 11 is 0. The van der Waals surface area contributed by atoms with Crippen LogP contribution in [0.5, 0.6) is 0 Å². The number of aromatic nitrogens is 3. The summed E-state index contributed by atoms with van der Waals surface area (Å²) in [7, 11) is 0. The first kappa shape index (κ1) is 28.4. The Morgan fingerprint density at radius 3 is 1.38 bits per heavy atom. The van der Waals surface area contributed by atoms with Gasteiger partial charge >= 0.3 is 0 Å². The van der Waals surface area contributed by atoms with Crippen molar-refractivity contribution in [1.82, 2.24) is 15.0 Å². The van der Waals surface area contributed by atoms with Crippen molar-refractivity contribution in [3.05, 3.63) is 198 Å². The molecule has 0 spiro atoms. The van der Waals surface area contributed by atoms with Crippen molar-refractivity contribution in [2.45, 2.75) is 5.41 Å². The summed E-state index contributed by atoms with van der Waals surface area (Å²) in [5, 5.41) is 2.07. The molecular formula is C46H29N3O. The molecule has 0 aliphatic heterocycles. The van der Waals surface area contributed by atoms with Gasteiger partial charge in [0.1, 0.15) is 11.2 Å². The largest absolute Gasteiger partial charge is 0.455 e. The Labute approximate surface area is 289 Å². The summed E-state index contributed by atoms with van der Waals surface area (Å²) in [5.41, 5.74) is 11.0. The fourth-order valence-corrected chi connectivity index (χ4v) is 7.90. The number of hydrogen-bond acceptors (Lipinski definition) is 4. The van der Waals surface area contributed by atoms with Gasteiger partial charge in [-0.15, -0.1) is 0 Å². The van der Waals surface area contributed by atoms with Crippen molar-refractivity contribution in [2.75, 3.05) is 0 Å². The minimum absolute atomic E-state index is 0.568. The van der Waals surface area contributed by atoms with E-state index < -0.39 is 5.41 Å². The highest BCUT2D eigenvalue weighted by Crippen LogP contribution is 2.57. The molecule has 0 saturated carbocycles. The Hall–Kier alpha value is -6.65. The first-order valence-electron chi connectivity index (χ1n) is 16.9. The predicted octanol–water partition coefficient (Wildman–Crippen LogP) is 11.1. The van der Waals surface area contributed by atoms with Crippen LogP contribution in [-0.2, 0) is 5.41 Å². The molecule has 2 aromatic heterocycles. The molecule has 0 fully saturated rings. The molecule has 0 atom stereocenters. The topological polar surface area (TPSA) is 51.8 Å². The van der Waals surface area contributed by atoms with E-state index in [1.807, 2.05) is 60.7 Å². The van der Waals surface area contributed by atoms with Crippen LogP contribution < -0.4 is 0 Å². The van der Waals surface area contributed by atoms with Gasteiger partial charge in [0.15, 0.2) is 17.5 Å². The number of hydrogen-bond donors (Lipinski definition) is 0. The minimum atomic E-state index is -0.587. The summed E-state index contributed by atoms with van der Waals surface area (Å²) in [4.78, 5) is 15.0. The molecule has 4 nitrogen and oxygen atoms in total. The number of nitrogens with zero attached hydrogens (tertiary/aromatic N) is 3. The summed E-state index contributed by atoms with van der Waals surface area (Å²) in [6, 6.07) is 61.4. The zero-order valence-electron chi connectivity index (χ0n) is 27.0. The maximum atomic E-state index is 7.15. The van der Waals surface area contributed by atoms with E-state index in [2.05, 4.69) is 115 Å². The second-order valence-electron chi connectivity index (χ2n) is 12.7. The van der Waals surface area contributed by atoms with Crippen molar-refractivity contribution < 1.29 is 4.42 Å². The van der Waals surface area contributed by atoms with Crippen LogP contribution in [0.2, 0.25) is 0 Å². The lowest BCUT2D eigenvalue weighted by Crippen LogP contribution is -2.28. The first-order chi connectivity index (χ1) is 24.8. The van der Waals surface area contributed by atoms with Crippen LogP contribution in [0, 0.1) is 0 Å². The van der Waals surface area contributed by atoms with E-state index in [0.29, 0.717) is 17.5 Å². The van der Waals surface area contributed by atoms with E-state index in [4.69, 9.17) is 19.4 Å². The van der Waals surface area contributed by atoms with Crippen LogP contribution in [0.25, 0.3) is 67.2 Å². The van der Waals surface area contributed by atoms with E-state index in [1.165, 1.54) is 27.8 Å². The van der Waals surface area contributed by atoms with E-state index in [9.17, 15) is 0 Å². The summed E-state index contributed by atoms with van der Waals surface area (Å²) in [6.45, 7) is 0. The van der Waals surface area contributed by atoms with Crippen LogP contribution in [0.3, 0.4) is 0 Å². The normalized spacial score (nSPS) is 13.0. The molecule has 0 amide bonds. The zero-order valence-corrected chi connectivity index (χ0v) is 27.0. The second-order valence-corrected chi connectivity index (χ2v) is 12.7. The molecular weight excluding hydrogens is 611 g/mol. The van der Waals surface area contributed by atoms with E-state index in [0.717, 1.165) is 44.2 Å². The highest BCUT2D eigenvalue weighted by molar-refractivity contribution is 6.11. The maximum Gasteiger partial charge on any atom is 0.167 e.